The summed E-state index contributed by atoms with van der Waals surface area (Å²) in [5, 5.41) is 19.3. The van der Waals surface area contributed by atoms with Crippen molar-refractivity contribution < 1.29 is 14.3 Å². The second kappa shape index (κ2) is 9.80. The Bertz CT molecular complexity index is 1190. The predicted octanol–water partition coefficient (Wildman–Crippen LogP) is 4.78. The van der Waals surface area contributed by atoms with Crippen LogP contribution in [0, 0.1) is 23.7 Å². The summed E-state index contributed by atoms with van der Waals surface area (Å²) >= 11 is 0. The molecule has 1 amide bonds. The van der Waals surface area contributed by atoms with Crippen molar-refractivity contribution in [1.82, 2.24) is 24.5 Å². The molecule has 1 aliphatic heterocycles. The maximum absolute atomic E-state index is 12.5. The Morgan fingerprint density at radius 2 is 2.00 bits per heavy atom. The predicted molar refractivity (Wildman–Crippen MR) is 145 cm³/mol. The van der Waals surface area contributed by atoms with Crippen molar-refractivity contribution in [2.45, 2.75) is 91.0 Å². The van der Waals surface area contributed by atoms with Crippen LogP contribution >= 0.6 is 0 Å². The topological polar surface area (TPSA) is 124 Å². The number of amides is 1. The molecule has 4 rings (SSSR count). The van der Waals surface area contributed by atoms with Gasteiger partial charge in [0, 0.05) is 39.5 Å². The first-order valence-corrected chi connectivity index (χ1v) is 16.8. The lowest BCUT2D eigenvalue weighted by molar-refractivity contribution is 0.0188. The van der Waals surface area contributed by atoms with E-state index in [0.29, 0.717) is 43.5 Å². The van der Waals surface area contributed by atoms with Crippen LogP contribution in [0.1, 0.15) is 57.3 Å². The molecule has 0 bridgehead atoms. The number of nitriles is 1. The van der Waals surface area contributed by atoms with Gasteiger partial charge in [-0.15, -0.1) is 0 Å². The molecule has 0 unspecified atom stereocenters. The van der Waals surface area contributed by atoms with Crippen LogP contribution in [0.4, 0.5) is 10.6 Å². The van der Waals surface area contributed by atoms with Gasteiger partial charge < -0.3 is 20.1 Å². The summed E-state index contributed by atoms with van der Waals surface area (Å²) in [6.07, 6.45) is 4.30. The quantitative estimate of drug-likeness (QED) is 0.406. The highest BCUT2D eigenvalue weighted by molar-refractivity contribution is 6.76. The number of nitrogens with zero attached hydrogens (tertiary/aromatic N) is 6. The normalized spacial score (nSPS) is 21.8. The number of likely N-dealkylation sites (tertiary alicyclic amines) is 1. The molecule has 1 aliphatic carbocycles. The summed E-state index contributed by atoms with van der Waals surface area (Å²) in [6, 6.07) is 3.45. The summed E-state index contributed by atoms with van der Waals surface area (Å²) in [4.78, 5) is 14.3. The van der Waals surface area contributed by atoms with Gasteiger partial charge in [0.25, 0.3) is 0 Å². The number of nitrogen functional groups attached to an aromatic ring is 1. The lowest BCUT2D eigenvalue weighted by Crippen LogP contribution is -2.43. The van der Waals surface area contributed by atoms with Crippen molar-refractivity contribution in [2.24, 2.45) is 5.41 Å². The third kappa shape index (κ3) is 6.01. The molecular weight excluding hydrogens is 486 g/mol. The Labute approximate surface area is 220 Å². The van der Waals surface area contributed by atoms with Gasteiger partial charge in [-0.25, -0.2) is 14.2 Å². The minimum atomic E-state index is -1.15. The van der Waals surface area contributed by atoms with Crippen LogP contribution in [0.5, 0.6) is 0 Å². The maximum atomic E-state index is 12.5. The third-order valence-corrected chi connectivity index (χ3v) is 8.96. The summed E-state index contributed by atoms with van der Waals surface area (Å²) < 4.78 is 15.0. The number of nitrogens with two attached hydrogens (primary N) is 1. The van der Waals surface area contributed by atoms with Gasteiger partial charge in [0.15, 0.2) is 0 Å². The van der Waals surface area contributed by atoms with E-state index in [-0.39, 0.29) is 17.6 Å². The molecule has 1 saturated carbocycles. The van der Waals surface area contributed by atoms with Crippen molar-refractivity contribution in [3.63, 3.8) is 0 Å². The molecule has 202 valence electrons. The van der Waals surface area contributed by atoms with Crippen LogP contribution in [0.3, 0.4) is 0 Å². The minimum absolute atomic E-state index is 0.0565. The van der Waals surface area contributed by atoms with Crippen LogP contribution in [0.15, 0.2) is 6.20 Å². The SMILES string of the molecule is Cc1nn(COCC[Si](C)(C)C)cc1-c1nn(C2CC3(CCN(C(=O)OC(C)(C)C)C3)C2)c(N)c1C#N. The van der Waals surface area contributed by atoms with E-state index in [1.54, 1.807) is 9.36 Å². The van der Waals surface area contributed by atoms with E-state index >= 15 is 0 Å². The Morgan fingerprint density at radius 3 is 2.62 bits per heavy atom. The number of carbonyl (C=O) groups excluding carboxylic acids is 1. The third-order valence-electron chi connectivity index (χ3n) is 7.25. The largest absolute Gasteiger partial charge is 0.444 e. The number of anilines is 1. The average molecular weight is 528 g/mol. The fraction of sp³-hybridized carbons (Fsp3) is 0.692. The van der Waals surface area contributed by atoms with Crippen LogP contribution in [-0.4, -0.2) is 63.9 Å². The van der Waals surface area contributed by atoms with Gasteiger partial charge in [-0.05, 0) is 58.4 Å². The molecule has 1 spiro atoms. The van der Waals surface area contributed by atoms with Crippen molar-refractivity contribution in [2.75, 3.05) is 25.4 Å². The van der Waals surface area contributed by atoms with E-state index in [0.717, 1.165) is 36.6 Å². The Hall–Kier alpha value is -2.84. The minimum Gasteiger partial charge on any atom is -0.444 e. The average Bonchev–Trinajstić information content (AvgIpc) is 3.43. The van der Waals surface area contributed by atoms with Gasteiger partial charge in [0.05, 0.1) is 11.7 Å². The molecule has 11 heteroatoms. The van der Waals surface area contributed by atoms with Crippen molar-refractivity contribution in [3.8, 4) is 17.3 Å². The van der Waals surface area contributed by atoms with E-state index in [1.807, 2.05) is 38.8 Å². The second-order valence-electron chi connectivity index (χ2n) is 12.9. The highest BCUT2D eigenvalue weighted by atomic mass is 28.3. The molecule has 3 heterocycles. The van der Waals surface area contributed by atoms with Crippen LogP contribution < -0.4 is 5.73 Å². The summed E-state index contributed by atoms with van der Waals surface area (Å²) in [7, 11) is -1.15. The molecule has 2 aromatic heterocycles. The molecule has 1 saturated heterocycles. The van der Waals surface area contributed by atoms with Gasteiger partial charge in [-0.3, -0.25) is 0 Å². The summed E-state index contributed by atoms with van der Waals surface area (Å²) in [6.45, 7) is 17.0. The zero-order valence-corrected chi connectivity index (χ0v) is 24.3. The number of carbonyl (C=O) groups is 1. The van der Waals surface area contributed by atoms with E-state index in [4.69, 9.17) is 20.3 Å². The molecule has 2 aromatic rings. The molecular formula is C26H41N7O3Si. The van der Waals surface area contributed by atoms with Crippen molar-refractivity contribution >= 4 is 20.0 Å². The molecule has 2 N–H and O–H groups in total. The number of aryl methyl sites for hydroxylation is 1. The van der Waals surface area contributed by atoms with Gasteiger partial charge in [0.2, 0.25) is 0 Å². The number of aromatic nitrogens is 4. The fourth-order valence-corrected chi connectivity index (χ4v) is 6.00. The van der Waals surface area contributed by atoms with Gasteiger partial charge >= 0.3 is 6.09 Å². The first-order valence-electron chi connectivity index (χ1n) is 13.1. The first-order chi connectivity index (χ1) is 17.2. The van der Waals surface area contributed by atoms with E-state index in [2.05, 4.69) is 30.8 Å². The zero-order valence-electron chi connectivity index (χ0n) is 23.3. The van der Waals surface area contributed by atoms with Gasteiger partial charge in [-0.1, -0.05) is 19.6 Å². The molecule has 2 fully saturated rings. The van der Waals surface area contributed by atoms with Crippen LogP contribution in [0.25, 0.3) is 11.3 Å². The number of rotatable bonds is 7. The molecule has 0 radical (unpaired) electrons. The Kier molecular flexibility index (Phi) is 7.20. The summed E-state index contributed by atoms with van der Waals surface area (Å²) in [5.41, 5.74) is 8.50. The standard InChI is InChI=1S/C26H41N7O3Si/c1-18-21(15-32(29-18)17-35-10-11-37(5,6)7)22-20(14-27)23(28)33(30-22)19-12-26(13-19)8-9-31(16-26)24(34)36-25(2,3)4/h15,19H,8-13,16-17,28H2,1-7H3. The number of ether oxygens (including phenoxy) is 2. The van der Waals surface area contributed by atoms with E-state index in [1.165, 1.54) is 0 Å². The van der Waals surface area contributed by atoms with Crippen molar-refractivity contribution in [3.05, 3.63) is 17.5 Å². The molecule has 0 atom stereocenters. The highest BCUT2D eigenvalue weighted by Crippen LogP contribution is 2.55. The zero-order chi connectivity index (χ0) is 27.2. The van der Waals surface area contributed by atoms with Gasteiger partial charge in [-0.2, -0.15) is 15.5 Å². The molecule has 37 heavy (non-hydrogen) atoms. The van der Waals surface area contributed by atoms with Crippen LogP contribution in [-0.2, 0) is 16.2 Å². The monoisotopic (exact) mass is 527 g/mol. The second-order valence-corrected chi connectivity index (χ2v) is 18.5. The number of hydrogen-bond acceptors (Lipinski definition) is 7. The highest BCUT2D eigenvalue weighted by Gasteiger charge is 2.51. The van der Waals surface area contributed by atoms with E-state index in [9.17, 15) is 10.1 Å². The van der Waals surface area contributed by atoms with Crippen molar-refractivity contribution in [1.29, 1.82) is 5.26 Å². The van der Waals surface area contributed by atoms with Crippen LogP contribution in [0.2, 0.25) is 25.7 Å². The van der Waals surface area contributed by atoms with E-state index < -0.39 is 13.7 Å². The van der Waals surface area contributed by atoms with Gasteiger partial charge in [0.1, 0.15) is 35.5 Å². The molecule has 10 nitrogen and oxygen atoms in total. The molecule has 2 aliphatic rings. The Balaban J connectivity index is 1.43. The summed E-state index contributed by atoms with van der Waals surface area (Å²) in [5.74, 6) is 0.387. The number of hydrogen-bond donors (Lipinski definition) is 1. The molecule has 0 aromatic carbocycles. The Morgan fingerprint density at radius 1 is 1.30 bits per heavy atom. The lowest BCUT2D eigenvalue weighted by Gasteiger charge is -2.45. The first kappa shape index (κ1) is 27.2. The lowest BCUT2D eigenvalue weighted by atomic mass is 9.65. The fourth-order valence-electron chi connectivity index (χ4n) is 5.24. The smallest absolute Gasteiger partial charge is 0.410 e. The maximum Gasteiger partial charge on any atom is 0.410 e.